The van der Waals surface area contributed by atoms with Crippen molar-refractivity contribution in [2.24, 2.45) is 23.7 Å². The van der Waals surface area contributed by atoms with E-state index < -0.39 is 0 Å². The molecule has 2 aliphatic rings. The Morgan fingerprint density at radius 1 is 0.727 bits per heavy atom. The Bertz CT molecular complexity index is 652. The Labute approximate surface area is 203 Å². The highest BCUT2D eigenvalue weighted by atomic mass is 16.5. The van der Waals surface area contributed by atoms with Gasteiger partial charge in [0.15, 0.2) is 0 Å². The van der Waals surface area contributed by atoms with E-state index in [0.717, 1.165) is 55.8 Å². The maximum absolute atomic E-state index is 12.7. The molecule has 0 N–H and O–H groups in total. The number of unbranched alkanes of at least 4 members (excludes halogenated alkanes) is 5. The third-order valence-electron chi connectivity index (χ3n) is 8.19. The van der Waals surface area contributed by atoms with Crippen molar-refractivity contribution >= 4 is 5.97 Å². The molecule has 0 radical (unpaired) electrons. The molecule has 3 heteroatoms. The van der Waals surface area contributed by atoms with Crippen molar-refractivity contribution in [2.75, 3.05) is 6.61 Å². The molecule has 33 heavy (non-hydrogen) atoms. The van der Waals surface area contributed by atoms with Crippen LogP contribution in [0.15, 0.2) is 24.3 Å². The van der Waals surface area contributed by atoms with Gasteiger partial charge in [0.05, 0.1) is 12.5 Å². The Morgan fingerprint density at radius 2 is 1.30 bits per heavy atom. The van der Waals surface area contributed by atoms with Crippen LogP contribution in [0.4, 0.5) is 0 Å². The van der Waals surface area contributed by atoms with Crippen LogP contribution < -0.4 is 9.47 Å². The lowest BCUT2D eigenvalue weighted by Gasteiger charge is -2.37. The molecule has 0 amide bonds. The maximum atomic E-state index is 12.7. The third-order valence-corrected chi connectivity index (χ3v) is 8.19. The van der Waals surface area contributed by atoms with Gasteiger partial charge in [-0.1, -0.05) is 71.6 Å². The van der Waals surface area contributed by atoms with Gasteiger partial charge < -0.3 is 9.47 Å². The van der Waals surface area contributed by atoms with Gasteiger partial charge >= 0.3 is 5.97 Å². The minimum absolute atomic E-state index is 0.0418. The molecule has 0 bridgehead atoms. The molecule has 0 atom stereocenters. The summed E-state index contributed by atoms with van der Waals surface area (Å²) in [5.74, 6) is 4.23. The first-order chi connectivity index (χ1) is 16.2. The van der Waals surface area contributed by atoms with E-state index >= 15 is 0 Å². The van der Waals surface area contributed by atoms with Crippen LogP contribution in [-0.2, 0) is 4.79 Å². The largest absolute Gasteiger partial charge is 0.494 e. The summed E-state index contributed by atoms with van der Waals surface area (Å²) in [5, 5.41) is 0. The van der Waals surface area contributed by atoms with Crippen LogP contribution in [0.25, 0.3) is 0 Å². The Hall–Kier alpha value is -1.51. The zero-order valence-electron chi connectivity index (χ0n) is 21.4. The molecule has 1 aromatic carbocycles. The Kier molecular flexibility index (Phi) is 11.6. The van der Waals surface area contributed by atoms with Gasteiger partial charge in [-0.05, 0) is 87.0 Å². The van der Waals surface area contributed by atoms with Crippen LogP contribution in [0.5, 0.6) is 11.5 Å². The molecule has 186 valence electrons. The van der Waals surface area contributed by atoms with Gasteiger partial charge in [0.1, 0.15) is 11.5 Å². The van der Waals surface area contributed by atoms with Crippen LogP contribution in [-0.4, -0.2) is 12.6 Å². The lowest BCUT2D eigenvalue weighted by molar-refractivity contribution is -0.140. The molecule has 1 aromatic rings. The second-order valence-electron chi connectivity index (χ2n) is 10.7. The maximum Gasteiger partial charge on any atom is 0.314 e. The second-order valence-corrected chi connectivity index (χ2v) is 10.7. The quantitative estimate of drug-likeness (QED) is 0.169. The fourth-order valence-corrected chi connectivity index (χ4v) is 5.95. The van der Waals surface area contributed by atoms with Gasteiger partial charge in [-0.3, -0.25) is 4.79 Å². The van der Waals surface area contributed by atoms with Crippen LogP contribution in [0, 0.1) is 23.7 Å². The molecule has 3 nitrogen and oxygen atoms in total. The second kappa shape index (κ2) is 14.7. The molecule has 2 fully saturated rings. The molecular formula is C30H48O3. The number of carbonyl (C=O) groups is 1. The van der Waals surface area contributed by atoms with Gasteiger partial charge in [0.25, 0.3) is 0 Å². The van der Waals surface area contributed by atoms with Gasteiger partial charge in [-0.2, -0.15) is 0 Å². The Morgan fingerprint density at radius 3 is 1.94 bits per heavy atom. The van der Waals surface area contributed by atoms with Gasteiger partial charge in [0, 0.05) is 0 Å². The van der Waals surface area contributed by atoms with Gasteiger partial charge in [-0.25, -0.2) is 0 Å². The summed E-state index contributed by atoms with van der Waals surface area (Å²) in [4.78, 5) is 12.7. The monoisotopic (exact) mass is 456 g/mol. The van der Waals surface area contributed by atoms with Crippen LogP contribution in [0.3, 0.4) is 0 Å². The standard InChI is InChI=1S/C30H48O3/c1-3-5-7-8-9-10-24-11-13-25(14-12-24)26-15-17-27(18-16-26)30(31)33-29-21-19-28(20-22-29)32-23-6-4-2/h19-22,24-27H,3-18,23H2,1-2H3. The van der Waals surface area contributed by atoms with Crippen molar-refractivity contribution in [1.29, 1.82) is 0 Å². The number of ether oxygens (including phenoxy) is 2. The number of esters is 1. The predicted octanol–water partition coefficient (Wildman–Crippen LogP) is 8.74. The SMILES string of the molecule is CCCCCCCC1CCC(C2CCC(C(=O)Oc3ccc(OCCCC)cc3)CC2)CC1. The van der Waals surface area contributed by atoms with E-state index in [0.29, 0.717) is 5.75 Å². The summed E-state index contributed by atoms with van der Waals surface area (Å²) in [6.07, 6.45) is 20.8. The average Bonchev–Trinajstić information content (AvgIpc) is 2.86. The van der Waals surface area contributed by atoms with E-state index in [9.17, 15) is 4.79 Å². The summed E-state index contributed by atoms with van der Waals surface area (Å²) in [5.41, 5.74) is 0. The van der Waals surface area contributed by atoms with Crippen molar-refractivity contribution in [3.8, 4) is 11.5 Å². The molecule has 0 spiro atoms. The summed E-state index contributed by atoms with van der Waals surface area (Å²) in [6, 6.07) is 7.51. The first-order valence-electron chi connectivity index (χ1n) is 14.1. The molecule has 0 aliphatic heterocycles. The normalized spacial score (nSPS) is 25.5. The molecular weight excluding hydrogens is 408 g/mol. The molecule has 0 saturated heterocycles. The molecule has 0 unspecified atom stereocenters. The van der Waals surface area contributed by atoms with Crippen molar-refractivity contribution in [3.63, 3.8) is 0 Å². The first kappa shape index (κ1) is 26.1. The zero-order valence-corrected chi connectivity index (χ0v) is 21.4. The Balaban J connectivity index is 1.31. The minimum Gasteiger partial charge on any atom is -0.494 e. The molecule has 2 saturated carbocycles. The lowest BCUT2D eigenvalue weighted by atomic mass is 9.68. The van der Waals surface area contributed by atoms with Gasteiger partial charge in [-0.15, -0.1) is 0 Å². The topological polar surface area (TPSA) is 35.5 Å². The average molecular weight is 457 g/mol. The fourth-order valence-electron chi connectivity index (χ4n) is 5.95. The summed E-state index contributed by atoms with van der Waals surface area (Å²) in [6.45, 7) is 5.18. The van der Waals surface area contributed by atoms with Crippen molar-refractivity contribution in [1.82, 2.24) is 0 Å². The summed E-state index contributed by atoms with van der Waals surface area (Å²) < 4.78 is 11.4. The highest BCUT2D eigenvalue weighted by molar-refractivity contribution is 5.75. The highest BCUT2D eigenvalue weighted by Crippen LogP contribution is 2.42. The van der Waals surface area contributed by atoms with E-state index in [-0.39, 0.29) is 11.9 Å². The van der Waals surface area contributed by atoms with Gasteiger partial charge in [0.2, 0.25) is 0 Å². The van der Waals surface area contributed by atoms with Crippen molar-refractivity contribution < 1.29 is 14.3 Å². The highest BCUT2D eigenvalue weighted by Gasteiger charge is 2.33. The number of rotatable bonds is 13. The molecule has 0 aromatic heterocycles. The fraction of sp³-hybridized carbons (Fsp3) is 0.767. The predicted molar refractivity (Wildman–Crippen MR) is 137 cm³/mol. The van der Waals surface area contributed by atoms with E-state index in [2.05, 4.69) is 13.8 Å². The van der Waals surface area contributed by atoms with E-state index in [1.54, 1.807) is 0 Å². The molecule has 2 aliphatic carbocycles. The third kappa shape index (κ3) is 8.98. The first-order valence-corrected chi connectivity index (χ1v) is 14.1. The van der Waals surface area contributed by atoms with Crippen LogP contribution in [0.2, 0.25) is 0 Å². The molecule has 3 rings (SSSR count). The number of hydrogen-bond acceptors (Lipinski definition) is 3. The zero-order chi connectivity index (χ0) is 23.3. The smallest absolute Gasteiger partial charge is 0.314 e. The summed E-state index contributed by atoms with van der Waals surface area (Å²) >= 11 is 0. The van der Waals surface area contributed by atoms with E-state index in [1.807, 2.05) is 24.3 Å². The molecule has 0 heterocycles. The van der Waals surface area contributed by atoms with E-state index in [1.165, 1.54) is 77.0 Å². The number of hydrogen-bond donors (Lipinski definition) is 0. The number of benzene rings is 1. The van der Waals surface area contributed by atoms with Crippen LogP contribution >= 0.6 is 0 Å². The van der Waals surface area contributed by atoms with Crippen molar-refractivity contribution in [2.45, 2.75) is 117 Å². The van der Waals surface area contributed by atoms with Crippen molar-refractivity contribution in [3.05, 3.63) is 24.3 Å². The lowest BCUT2D eigenvalue weighted by Crippen LogP contribution is -2.30. The minimum atomic E-state index is -0.0418. The van der Waals surface area contributed by atoms with Crippen LogP contribution in [0.1, 0.15) is 117 Å². The summed E-state index contributed by atoms with van der Waals surface area (Å²) in [7, 11) is 0. The van der Waals surface area contributed by atoms with E-state index in [4.69, 9.17) is 9.47 Å². The number of carbonyl (C=O) groups excluding carboxylic acids is 1.